The van der Waals surface area contributed by atoms with Crippen LogP contribution >= 0.6 is 34.8 Å². The van der Waals surface area contributed by atoms with Crippen LogP contribution in [0.1, 0.15) is 10.4 Å². The third-order valence-electron chi connectivity index (χ3n) is 2.80. The molecule has 22 heavy (non-hydrogen) atoms. The predicted octanol–water partition coefficient (Wildman–Crippen LogP) is 4.84. The van der Waals surface area contributed by atoms with Gasteiger partial charge in [0.15, 0.2) is 0 Å². The molecule has 0 aliphatic rings. The number of esters is 1. The minimum atomic E-state index is -0.610. The summed E-state index contributed by atoms with van der Waals surface area (Å²) in [6, 6.07) is 13.7. The zero-order valence-electron chi connectivity index (χ0n) is 11.5. The number of rotatable bonds is 6. The molecule has 0 saturated heterocycles. The van der Waals surface area contributed by atoms with Gasteiger partial charge in [-0.15, -0.1) is 11.6 Å². The maximum atomic E-state index is 12.1. The van der Waals surface area contributed by atoms with Gasteiger partial charge in [0, 0.05) is 0 Å². The summed E-state index contributed by atoms with van der Waals surface area (Å²) in [5.74, 6) is 0.0628. The number of carbonyl (C=O) groups excluding carboxylic acids is 1. The molecular weight excluding hydrogens is 347 g/mol. The van der Waals surface area contributed by atoms with E-state index >= 15 is 0 Å². The van der Waals surface area contributed by atoms with Crippen molar-refractivity contribution < 1.29 is 14.3 Å². The molecule has 3 nitrogen and oxygen atoms in total. The van der Waals surface area contributed by atoms with Crippen LogP contribution in [-0.4, -0.2) is 24.6 Å². The fourth-order valence-electron chi connectivity index (χ4n) is 1.70. The Morgan fingerprint density at radius 1 is 1.00 bits per heavy atom. The second kappa shape index (κ2) is 8.28. The second-order valence-electron chi connectivity index (χ2n) is 4.40. The Kier molecular flexibility index (Phi) is 6.37. The Labute approximate surface area is 143 Å². The van der Waals surface area contributed by atoms with E-state index in [0.717, 1.165) is 0 Å². The summed E-state index contributed by atoms with van der Waals surface area (Å²) in [5.41, 5.74) is 0.289. The molecule has 116 valence electrons. The Morgan fingerprint density at radius 2 is 1.64 bits per heavy atom. The van der Waals surface area contributed by atoms with E-state index in [0.29, 0.717) is 15.8 Å². The number of benzene rings is 2. The van der Waals surface area contributed by atoms with Crippen molar-refractivity contribution in [2.75, 3.05) is 12.5 Å². The average molecular weight is 360 g/mol. The molecular formula is C16H13Cl3O3. The highest BCUT2D eigenvalue weighted by Crippen LogP contribution is 2.23. The molecule has 0 aliphatic carbocycles. The first-order chi connectivity index (χ1) is 10.6. The molecule has 0 aliphatic heterocycles. The quantitative estimate of drug-likeness (QED) is 0.547. The molecule has 2 rings (SSSR count). The minimum Gasteiger partial charge on any atom is -0.488 e. The summed E-state index contributed by atoms with van der Waals surface area (Å²) < 4.78 is 10.8. The summed E-state index contributed by atoms with van der Waals surface area (Å²) in [5, 5.41) is 0.807. The van der Waals surface area contributed by atoms with E-state index in [1.807, 2.05) is 0 Å². The summed E-state index contributed by atoms with van der Waals surface area (Å²) in [6.07, 6.45) is -0.610. The van der Waals surface area contributed by atoms with Crippen molar-refractivity contribution in [1.29, 1.82) is 0 Å². The Balaban J connectivity index is 1.96. The first-order valence-electron chi connectivity index (χ1n) is 6.50. The van der Waals surface area contributed by atoms with E-state index in [1.54, 1.807) is 48.5 Å². The SMILES string of the molecule is O=C(OC(CCl)COc1ccccc1Cl)c1ccccc1Cl. The van der Waals surface area contributed by atoms with Crippen LogP contribution in [0.3, 0.4) is 0 Å². The number of hydrogen-bond donors (Lipinski definition) is 0. The molecule has 2 aromatic rings. The molecule has 0 aromatic heterocycles. The van der Waals surface area contributed by atoms with Gasteiger partial charge in [-0.3, -0.25) is 0 Å². The van der Waals surface area contributed by atoms with Crippen molar-refractivity contribution in [2.24, 2.45) is 0 Å². The fourth-order valence-corrected chi connectivity index (χ4v) is 2.25. The van der Waals surface area contributed by atoms with Gasteiger partial charge in [0.2, 0.25) is 0 Å². The Morgan fingerprint density at radius 3 is 2.27 bits per heavy atom. The van der Waals surface area contributed by atoms with Crippen LogP contribution in [0, 0.1) is 0 Å². The van der Waals surface area contributed by atoms with Gasteiger partial charge in [-0.25, -0.2) is 4.79 Å². The van der Waals surface area contributed by atoms with Crippen molar-refractivity contribution in [1.82, 2.24) is 0 Å². The number of carbonyl (C=O) groups is 1. The standard InChI is InChI=1S/C16H13Cl3O3/c17-9-11(10-21-15-8-4-3-7-14(15)19)22-16(20)12-5-1-2-6-13(12)18/h1-8,11H,9-10H2. The molecule has 0 radical (unpaired) electrons. The van der Waals surface area contributed by atoms with Gasteiger partial charge in [-0.2, -0.15) is 0 Å². The van der Waals surface area contributed by atoms with E-state index in [-0.39, 0.29) is 18.1 Å². The smallest absolute Gasteiger partial charge is 0.340 e. The first-order valence-corrected chi connectivity index (χ1v) is 7.79. The topological polar surface area (TPSA) is 35.5 Å². The van der Waals surface area contributed by atoms with Crippen molar-refractivity contribution in [3.8, 4) is 5.75 Å². The lowest BCUT2D eigenvalue weighted by Crippen LogP contribution is -2.27. The highest BCUT2D eigenvalue weighted by atomic mass is 35.5. The molecule has 0 N–H and O–H groups in total. The minimum absolute atomic E-state index is 0.0979. The molecule has 0 saturated carbocycles. The van der Waals surface area contributed by atoms with Gasteiger partial charge in [0.1, 0.15) is 18.5 Å². The highest BCUT2D eigenvalue weighted by molar-refractivity contribution is 6.33. The monoisotopic (exact) mass is 358 g/mol. The number of para-hydroxylation sites is 1. The van der Waals surface area contributed by atoms with Crippen LogP contribution in [0.4, 0.5) is 0 Å². The molecule has 0 spiro atoms. The lowest BCUT2D eigenvalue weighted by Gasteiger charge is -2.17. The molecule has 1 unspecified atom stereocenters. The van der Waals surface area contributed by atoms with Gasteiger partial charge in [-0.05, 0) is 24.3 Å². The molecule has 0 fully saturated rings. The summed E-state index contributed by atoms with van der Waals surface area (Å²) in [7, 11) is 0. The van der Waals surface area contributed by atoms with Crippen LogP contribution in [-0.2, 0) is 4.74 Å². The van der Waals surface area contributed by atoms with E-state index in [1.165, 1.54) is 0 Å². The lowest BCUT2D eigenvalue weighted by molar-refractivity contribution is 0.0238. The van der Waals surface area contributed by atoms with Crippen LogP contribution in [0.15, 0.2) is 48.5 Å². The number of ether oxygens (including phenoxy) is 2. The Hall–Kier alpha value is -1.42. The molecule has 6 heteroatoms. The van der Waals surface area contributed by atoms with Crippen LogP contribution < -0.4 is 4.74 Å². The Bertz CT molecular complexity index is 646. The zero-order valence-corrected chi connectivity index (χ0v) is 13.7. The van der Waals surface area contributed by atoms with Gasteiger partial charge in [-0.1, -0.05) is 47.5 Å². The molecule has 0 amide bonds. The van der Waals surface area contributed by atoms with E-state index in [2.05, 4.69) is 0 Å². The van der Waals surface area contributed by atoms with E-state index in [9.17, 15) is 4.79 Å². The molecule has 2 aromatic carbocycles. The van der Waals surface area contributed by atoms with Gasteiger partial charge < -0.3 is 9.47 Å². The second-order valence-corrected chi connectivity index (χ2v) is 5.53. The third-order valence-corrected chi connectivity index (χ3v) is 3.79. The van der Waals surface area contributed by atoms with Crippen molar-refractivity contribution in [2.45, 2.75) is 6.10 Å². The van der Waals surface area contributed by atoms with Gasteiger partial charge in [0.05, 0.1) is 21.5 Å². The third kappa shape index (κ3) is 4.54. The highest BCUT2D eigenvalue weighted by Gasteiger charge is 2.18. The summed E-state index contributed by atoms with van der Waals surface area (Å²) in [6.45, 7) is 0.101. The van der Waals surface area contributed by atoms with E-state index < -0.39 is 12.1 Å². The maximum Gasteiger partial charge on any atom is 0.340 e. The van der Waals surface area contributed by atoms with Crippen LogP contribution in [0.5, 0.6) is 5.75 Å². The fraction of sp³-hybridized carbons (Fsp3) is 0.188. The molecule has 0 heterocycles. The molecule has 1 atom stereocenters. The maximum absolute atomic E-state index is 12.1. The van der Waals surface area contributed by atoms with Crippen molar-refractivity contribution in [3.05, 3.63) is 64.1 Å². The summed E-state index contributed by atoms with van der Waals surface area (Å²) >= 11 is 17.8. The predicted molar refractivity (Wildman–Crippen MR) is 88.3 cm³/mol. The zero-order chi connectivity index (χ0) is 15.9. The molecule has 0 bridgehead atoms. The van der Waals surface area contributed by atoms with Crippen molar-refractivity contribution >= 4 is 40.8 Å². The van der Waals surface area contributed by atoms with Gasteiger partial charge in [0.25, 0.3) is 0 Å². The van der Waals surface area contributed by atoms with Gasteiger partial charge >= 0.3 is 5.97 Å². The number of alkyl halides is 1. The lowest BCUT2D eigenvalue weighted by atomic mass is 10.2. The van der Waals surface area contributed by atoms with Crippen LogP contribution in [0.25, 0.3) is 0 Å². The normalized spacial score (nSPS) is 11.8. The average Bonchev–Trinajstić information content (AvgIpc) is 2.53. The van der Waals surface area contributed by atoms with E-state index in [4.69, 9.17) is 44.3 Å². The van der Waals surface area contributed by atoms with Crippen molar-refractivity contribution in [3.63, 3.8) is 0 Å². The first kappa shape index (κ1) is 16.9. The number of halogens is 3. The van der Waals surface area contributed by atoms with Crippen LogP contribution in [0.2, 0.25) is 10.0 Å². The summed E-state index contributed by atoms with van der Waals surface area (Å²) in [4.78, 5) is 12.1. The number of hydrogen-bond acceptors (Lipinski definition) is 3. The largest absolute Gasteiger partial charge is 0.488 e.